The standard InChI is InChI=1S/C26H27BF2N4O4S/c27-19-5-3-4-18(12-19)17-38(35,36)32-10-8-31(9-11-32)24-16-30-33(22-14-20(28)13-21(29)15-22)26(34)25(24)37-23-6-1-2-7-23/h3-5,12-16,23H,1-2,6-11,17H2. The van der Waals surface area contributed by atoms with Crippen LogP contribution in [0, 0.1) is 11.6 Å². The van der Waals surface area contributed by atoms with Crippen LogP contribution in [0.15, 0.2) is 53.5 Å². The molecule has 1 saturated heterocycles. The second-order valence-electron chi connectivity index (χ2n) is 9.62. The van der Waals surface area contributed by atoms with Gasteiger partial charge in [-0.25, -0.2) is 17.2 Å². The van der Waals surface area contributed by atoms with Gasteiger partial charge in [-0.05, 0) is 43.4 Å². The van der Waals surface area contributed by atoms with E-state index in [9.17, 15) is 22.0 Å². The van der Waals surface area contributed by atoms with Gasteiger partial charge in [0.15, 0.2) is 0 Å². The lowest BCUT2D eigenvalue weighted by Crippen LogP contribution is -2.49. The molecule has 2 aliphatic rings. The lowest BCUT2D eigenvalue weighted by Gasteiger charge is -2.36. The van der Waals surface area contributed by atoms with Gasteiger partial charge in [-0.15, -0.1) is 0 Å². The van der Waals surface area contributed by atoms with Crippen molar-refractivity contribution in [2.45, 2.75) is 37.5 Å². The van der Waals surface area contributed by atoms with Crippen molar-refractivity contribution >= 4 is 29.0 Å². The molecule has 0 N–H and O–H groups in total. The lowest BCUT2D eigenvalue weighted by atomic mass is 9.95. The van der Waals surface area contributed by atoms with E-state index in [1.54, 1.807) is 24.3 Å². The maximum atomic E-state index is 13.9. The van der Waals surface area contributed by atoms with Crippen molar-refractivity contribution in [2.24, 2.45) is 0 Å². The van der Waals surface area contributed by atoms with E-state index in [-0.39, 0.29) is 36.4 Å². The van der Waals surface area contributed by atoms with E-state index < -0.39 is 27.2 Å². The van der Waals surface area contributed by atoms with E-state index in [0.29, 0.717) is 29.8 Å². The van der Waals surface area contributed by atoms with Gasteiger partial charge >= 0.3 is 5.56 Å². The van der Waals surface area contributed by atoms with Crippen LogP contribution in [0.25, 0.3) is 5.69 Å². The van der Waals surface area contributed by atoms with Crippen molar-refractivity contribution in [3.8, 4) is 11.4 Å². The summed E-state index contributed by atoms with van der Waals surface area (Å²) < 4.78 is 62.3. The van der Waals surface area contributed by atoms with Gasteiger partial charge in [0.05, 0.1) is 23.7 Å². The number of ether oxygens (including phenoxy) is 1. The van der Waals surface area contributed by atoms with Crippen LogP contribution in [0.5, 0.6) is 5.75 Å². The molecule has 2 fully saturated rings. The number of aromatic nitrogens is 2. The Hall–Kier alpha value is -3.25. The summed E-state index contributed by atoms with van der Waals surface area (Å²) in [6.07, 6.45) is 4.85. The fourth-order valence-electron chi connectivity index (χ4n) is 4.98. The Morgan fingerprint density at radius 1 is 1.00 bits per heavy atom. The van der Waals surface area contributed by atoms with E-state index >= 15 is 0 Å². The number of hydrogen-bond donors (Lipinski definition) is 0. The van der Waals surface area contributed by atoms with Crippen LogP contribution >= 0.6 is 0 Å². The Morgan fingerprint density at radius 2 is 1.68 bits per heavy atom. The van der Waals surface area contributed by atoms with Gasteiger partial charge in [0, 0.05) is 32.2 Å². The summed E-state index contributed by atoms with van der Waals surface area (Å²) in [6, 6.07) is 9.57. The number of benzene rings is 2. The Kier molecular flexibility index (Phi) is 7.53. The largest absolute Gasteiger partial charge is 0.483 e. The first-order valence-corrected chi connectivity index (χ1v) is 14.1. The Labute approximate surface area is 221 Å². The van der Waals surface area contributed by atoms with Crippen LogP contribution < -0.4 is 20.7 Å². The summed E-state index contributed by atoms with van der Waals surface area (Å²) >= 11 is 0. The molecule has 1 aromatic heterocycles. The number of nitrogens with zero attached hydrogens (tertiary/aromatic N) is 4. The molecule has 0 atom stereocenters. The van der Waals surface area contributed by atoms with Crippen molar-refractivity contribution in [3.63, 3.8) is 0 Å². The van der Waals surface area contributed by atoms with Crippen molar-refractivity contribution in [1.82, 2.24) is 14.1 Å². The van der Waals surface area contributed by atoms with Crippen molar-refractivity contribution in [3.05, 3.63) is 76.2 Å². The fraction of sp³-hybridized carbons (Fsp3) is 0.385. The SMILES string of the molecule is [B]c1cccc(CS(=O)(=O)N2CCN(c3cnn(-c4cc(F)cc(F)c4)c(=O)c3OC3CCCC3)CC2)c1. The van der Waals surface area contributed by atoms with Crippen LogP contribution in [0.3, 0.4) is 0 Å². The van der Waals surface area contributed by atoms with Crippen molar-refractivity contribution in [2.75, 3.05) is 31.1 Å². The minimum Gasteiger partial charge on any atom is -0.483 e. The summed E-state index contributed by atoms with van der Waals surface area (Å²) in [7, 11) is 2.21. The molecular weight excluding hydrogens is 513 g/mol. The molecule has 5 rings (SSSR count). The molecule has 0 amide bonds. The topological polar surface area (TPSA) is 84.7 Å². The molecule has 3 aromatic rings. The second kappa shape index (κ2) is 10.9. The zero-order chi connectivity index (χ0) is 26.9. The van der Waals surface area contributed by atoms with E-state index in [0.717, 1.165) is 48.6 Å². The first kappa shape index (κ1) is 26.4. The molecule has 2 radical (unpaired) electrons. The summed E-state index contributed by atoms with van der Waals surface area (Å²) in [5.74, 6) is -1.76. The zero-order valence-corrected chi connectivity index (χ0v) is 21.5. The van der Waals surface area contributed by atoms with E-state index in [2.05, 4.69) is 5.10 Å². The molecule has 12 heteroatoms. The second-order valence-corrected chi connectivity index (χ2v) is 11.6. The van der Waals surface area contributed by atoms with Gasteiger partial charge in [0.2, 0.25) is 15.8 Å². The van der Waals surface area contributed by atoms with Gasteiger partial charge in [0.1, 0.15) is 25.2 Å². The number of hydrogen-bond acceptors (Lipinski definition) is 6. The molecule has 1 aliphatic carbocycles. The van der Waals surface area contributed by atoms with Crippen LogP contribution in [0.2, 0.25) is 0 Å². The molecule has 198 valence electrons. The maximum absolute atomic E-state index is 13.9. The molecule has 8 nitrogen and oxygen atoms in total. The highest BCUT2D eigenvalue weighted by atomic mass is 32.2. The summed E-state index contributed by atoms with van der Waals surface area (Å²) in [6.45, 7) is 1.06. The summed E-state index contributed by atoms with van der Waals surface area (Å²) in [5.41, 5.74) is 0.869. The third kappa shape index (κ3) is 5.76. The fourth-order valence-corrected chi connectivity index (χ4v) is 6.48. The van der Waals surface area contributed by atoms with E-state index in [4.69, 9.17) is 12.6 Å². The molecule has 0 spiro atoms. The number of halogens is 2. The van der Waals surface area contributed by atoms with Gasteiger partial charge in [-0.1, -0.05) is 29.7 Å². The van der Waals surface area contributed by atoms with Gasteiger partial charge in [0.25, 0.3) is 0 Å². The molecule has 38 heavy (non-hydrogen) atoms. The number of rotatable bonds is 7. The van der Waals surface area contributed by atoms with E-state index in [1.165, 1.54) is 10.5 Å². The quantitative estimate of drug-likeness (QED) is 0.428. The van der Waals surface area contributed by atoms with Crippen LogP contribution in [0.4, 0.5) is 14.5 Å². The average molecular weight is 540 g/mol. The molecule has 1 aliphatic heterocycles. The number of sulfonamides is 1. The average Bonchev–Trinajstić information content (AvgIpc) is 3.38. The Morgan fingerprint density at radius 3 is 2.34 bits per heavy atom. The van der Waals surface area contributed by atoms with Crippen LogP contribution in [-0.2, 0) is 15.8 Å². The van der Waals surface area contributed by atoms with E-state index in [1.807, 2.05) is 4.90 Å². The first-order valence-electron chi connectivity index (χ1n) is 12.5. The van der Waals surface area contributed by atoms with Gasteiger partial charge < -0.3 is 9.64 Å². The van der Waals surface area contributed by atoms with Crippen molar-refractivity contribution in [1.29, 1.82) is 0 Å². The number of anilines is 1. The zero-order valence-electron chi connectivity index (χ0n) is 20.7. The normalized spacial score (nSPS) is 17.2. The highest BCUT2D eigenvalue weighted by molar-refractivity contribution is 7.88. The molecule has 1 saturated carbocycles. The Bertz CT molecular complexity index is 1470. The highest BCUT2D eigenvalue weighted by Crippen LogP contribution is 2.30. The lowest BCUT2D eigenvalue weighted by molar-refractivity contribution is 0.205. The predicted molar refractivity (Wildman–Crippen MR) is 141 cm³/mol. The molecule has 0 unspecified atom stereocenters. The van der Waals surface area contributed by atoms with Crippen molar-refractivity contribution < 1.29 is 21.9 Å². The predicted octanol–water partition coefficient (Wildman–Crippen LogP) is 2.28. The minimum absolute atomic E-state index is 0.0483. The molecule has 2 heterocycles. The summed E-state index contributed by atoms with van der Waals surface area (Å²) in [5, 5.41) is 4.18. The maximum Gasteiger partial charge on any atom is 0.316 e. The molecule has 2 aromatic carbocycles. The minimum atomic E-state index is -3.58. The van der Waals surface area contributed by atoms with Gasteiger partial charge in [-0.3, -0.25) is 4.79 Å². The number of piperazine rings is 1. The first-order chi connectivity index (χ1) is 18.2. The van der Waals surface area contributed by atoms with Crippen LogP contribution in [-0.4, -0.2) is 62.6 Å². The summed E-state index contributed by atoms with van der Waals surface area (Å²) in [4.78, 5) is 15.3. The molecular formula is C26H27BF2N4O4S. The smallest absolute Gasteiger partial charge is 0.316 e. The van der Waals surface area contributed by atoms with Gasteiger partial charge in [-0.2, -0.15) is 14.1 Å². The Balaban J connectivity index is 1.39. The monoisotopic (exact) mass is 540 g/mol. The molecule has 0 bridgehead atoms. The third-order valence-electron chi connectivity index (χ3n) is 6.87. The highest BCUT2D eigenvalue weighted by Gasteiger charge is 2.30. The van der Waals surface area contributed by atoms with Crippen LogP contribution in [0.1, 0.15) is 31.2 Å². The third-order valence-corrected chi connectivity index (χ3v) is 8.72.